The number of cyclic esters (lactones) is 1. The van der Waals surface area contributed by atoms with Gasteiger partial charge in [-0.25, -0.2) is 0 Å². The first kappa shape index (κ1) is 15.2. The van der Waals surface area contributed by atoms with Gasteiger partial charge < -0.3 is 14.0 Å². The van der Waals surface area contributed by atoms with Crippen LogP contribution in [0.3, 0.4) is 0 Å². The largest absolute Gasteiger partial charge is 0.486 e. The standard InChI is InChI=1S/C14H14ClN3O3S/c1-18-12(8-21-10-4-2-9(15)3-5-10)16-17-14(18)22-11-6-7-20-13(11)19/h2-5,11H,6-8H2,1H3. The molecule has 0 saturated carbocycles. The minimum absolute atomic E-state index is 0.188. The first-order valence-electron chi connectivity index (χ1n) is 6.73. The summed E-state index contributed by atoms with van der Waals surface area (Å²) in [6.07, 6.45) is 0.701. The number of benzene rings is 1. The number of esters is 1. The molecule has 3 rings (SSSR count). The van der Waals surface area contributed by atoms with Crippen LogP contribution in [-0.4, -0.2) is 32.6 Å². The van der Waals surface area contributed by atoms with E-state index in [-0.39, 0.29) is 11.2 Å². The van der Waals surface area contributed by atoms with E-state index < -0.39 is 0 Å². The van der Waals surface area contributed by atoms with Crippen LogP contribution in [0.25, 0.3) is 0 Å². The molecule has 116 valence electrons. The molecule has 2 heterocycles. The summed E-state index contributed by atoms with van der Waals surface area (Å²) in [5, 5.41) is 9.35. The van der Waals surface area contributed by atoms with E-state index in [1.54, 1.807) is 24.3 Å². The molecular formula is C14H14ClN3O3S. The third-order valence-corrected chi connectivity index (χ3v) is 4.77. The lowest BCUT2D eigenvalue weighted by Crippen LogP contribution is -2.11. The number of halogens is 1. The SMILES string of the molecule is Cn1c(COc2ccc(Cl)cc2)nnc1SC1CCOC1=O. The van der Waals surface area contributed by atoms with Crippen molar-refractivity contribution in [2.75, 3.05) is 6.61 Å². The van der Waals surface area contributed by atoms with Crippen molar-refractivity contribution in [2.24, 2.45) is 7.05 Å². The first-order valence-corrected chi connectivity index (χ1v) is 7.99. The van der Waals surface area contributed by atoms with Gasteiger partial charge in [0.15, 0.2) is 11.0 Å². The number of ether oxygens (including phenoxy) is 2. The van der Waals surface area contributed by atoms with Crippen LogP contribution >= 0.6 is 23.4 Å². The summed E-state index contributed by atoms with van der Waals surface area (Å²) < 4.78 is 12.4. The minimum atomic E-state index is -0.201. The van der Waals surface area contributed by atoms with Crippen LogP contribution in [-0.2, 0) is 23.2 Å². The fraction of sp³-hybridized carbons (Fsp3) is 0.357. The molecule has 0 bridgehead atoms. The van der Waals surface area contributed by atoms with Gasteiger partial charge in [-0.05, 0) is 24.3 Å². The quantitative estimate of drug-likeness (QED) is 0.780. The fourth-order valence-corrected chi connectivity index (χ4v) is 3.07. The smallest absolute Gasteiger partial charge is 0.319 e. The van der Waals surface area contributed by atoms with Crippen molar-refractivity contribution < 1.29 is 14.3 Å². The van der Waals surface area contributed by atoms with Gasteiger partial charge in [-0.1, -0.05) is 23.4 Å². The molecule has 0 N–H and O–H groups in total. The van der Waals surface area contributed by atoms with Crippen LogP contribution in [0.1, 0.15) is 12.2 Å². The lowest BCUT2D eigenvalue weighted by Gasteiger charge is -2.07. The topological polar surface area (TPSA) is 66.2 Å². The molecule has 1 aliphatic rings. The molecule has 0 radical (unpaired) electrons. The van der Waals surface area contributed by atoms with Gasteiger partial charge in [0.05, 0.1) is 6.61 Å². The highest BCUT2D eigenvalue weighted by Gasteiger charge is 2.29. The lowest BCUT2D eigenvalue weighted by molar-refractivity contribution is -0.137. The van der Waals surface area contributed by atoms with Gasteiger partial charge in [0.1, 0.15) is 17.6 Å². The average molecular weight is 340 g/mol. The van der Waals surface area contributed by atoms with Crippen molar-refractivity contribution in [1.82, 2.24) is 14.8 Å². The van der Waals surface area contributed by atoms with Crippen LogP contribution in [0.5, 0.6) is 5.75 Å². The Kier molecular flexibility index (Phi) is 4.54. The van der Waals surface area contributed by atoms with Crippen molar-refractivity contribution in [2.45, 2.75) is 23.4 Å². The number of carbonyl (C=O) groups excluding carboxylic acids is 1. The molecule has 2 aromatic rings. The van der Waals surface area contributed by atoms with E-state index in [1.807, 2.05) is 11.6 Å². The van der Waals surface area contributed by atoms with Gasteiger partial charge in [0.2, 0.25) is 0 Å². The Morgan fingerprint density at radius 1 is 1.41 bits per heavy atom. The van der Waals surface area contributed by atoms with E-state index in [2.05, 4.69) is 10.2 Å². The molecular weight excluding hydrogens is 326 g/mol. The maximum absolute atomic E-state index is 11.5. The van der Waals surface area contributed by atoms with Crippen molar-refractivity contribution in [3.8, 4) is 5.75 Å². The number of rotatable bonds is 5. The van der Waals surface area contributed by atoms with E-state index in [9.17, 15) is 4.79 Å². The van der Waals surface area contributed by atoms with Gasteiger partial charge >= 0.3 is 5.97 Å². The third-order valence-electron chi connectivity index (χ3n) is 3.24. The maximum atomic E-state index is 11.5. The molecule has 1 unspecified atom stereocenters. The second-order valence-corrected chi connectivity index (χ2v) is 6.37. The molecule has 0 amide bonds. The molecule has 0 spiro atoms. The third kappa shape index (κ3) is 3.36. The van der Waals surface area contributed by atoms with E-state index in [4.69, 9.17) is 21.1 Å². The maximum Gasteiger partial charge on any atom is 0.319 e. The molecule has 22 heavy (non-hydrogen) atoms. The van der Waals surface area contributed by atoms with Gasteiger partial charge in [0, 0.05) is 18.5 Å². The Bertz CT molecular complexity index is 674. The van der Waals surface area contributed by atoms with Crippen molar-refractivity contribution >= 4 is 29.3 Å². The predicted octanol–water partition coefficient (Wildman–Crippen LogP) is 2.46. The van der Waals surface area contributed by atoms with Crippen molar-refractivity contribution in [3.63, 3.8) is 0 Å². The highest BCUT2D eigenvalue weighted by molar-refractivity contribution is 8.00. The average Bonchev–Trinajstić information content (AvgIpc) is 3.07. The molecule has 1 atom stereocenters. The van der Waals surface area contributed by atoms with Gasteiger partial charge in [0.25, 0.3) is 0 Å². The second-order valence-electron chi connectivity index (χ2n) is 4.76. The Morgan fingerprint density at radius 2 is 2.18 bits per heavy atom. The van der Waals surface area contributed by atoms with Gasteiger partial charge in [-0.2, -0.15) is 0 Å². The monoisotopic (exact) mass is 339 g/mol. The summed E-state index contributed by atoms with van der Waals surface area (Å²) in [4.78, 5) is 11.5. The summed E-state index contributed by atoms with van der Waals surface area (Å²) in [6, 6.07) is 7.12. The van der Waals surface area contributed by atoms with E-state index in [0.29, 0.717) is 41.4 Å². The minimum Gasteiger partial charge on any atom is -0.486 e. The molecule has 8 heteroatoms. The highest BCUT2D eigenvalue weighted by Crippen LogP contribution is 2.28. The summed E-state index contributed by atoms with van der Waals surface area (Å²) in [5.74, 6) is 1.21. The molecule has 1 aliphatic heterocycles. The predicted molar refractivity (Wildman–Crippen MR) is 82.0 cm³/mol. The number of hydrogen-bond acceptors (Lipinski definition) is 6. The van der Waals surface area contributed by atoms with Crippen LogP contribution in [0, 0.1) is 0 Å². The Hall–Kier alpha value is -1.73. The number of thioether (sulfide) groups is 1. The molecule has 1 aromatic heterocycles. The van der Waals surface area contributed by atoms with Crippen LogP contribution in [0.4, 0.5) is 0 Å². The Labute approximate surface area is 136 Å². The second kappa shape index (κ2) is 6.58. The molecule has 1 aromatic carbocycles. The summed E-state index contributed by atoms with van der Waals surface area (Å²) in [6.45, 7) is 0.766. The summed E-state index contributed by atoms with van der Waals surface area (Å²) >= 11 is 7.20. The van der Waals surface area contributed by atoms with Gasteiger partial charge in [-0.15, -0.1) is 10.2 Å². The summed E-state index contributed by atoms with van der Waals surface area (Å²) in [7, 11) is 1.85. The lowest BCUT2D eigenvalue weighted by atomic mass is 10.3. The Morgan fingerprint density at radius 3 is 2.86 bits per heavy atom. The molecule has 1 saturated heterocycles. The zero-order chi connectivity index (χ0) is 15.5. The van der Waals surface area contributed by atoms with Crippen molar-refractivity contribution in [3.05, 3.63) is 35.1 Å². The van der Waals surface area contributed by atoms with Crippen molar-refractivity contribution in [1.29, 1.82) is 0 Å². The van der Waals surface area contributed by atoms with Crippen LogP contribution < -0.4 is 4.74 Å². The molecule has 0 aliphatic carbocycles. The number of nitrogens with zero attached hydrogens (tertiary/aromatic N) is 3. The number of aromatic nitrogens is 3. The zero-order valence-corrected chi connectivity index (χ0v) is 13.4. The normalized spacial score (nSPS) is 17.5. The van der Waals surface area contributed by atoms with E-state index >= 15 is 0 Å². The number of carbonyl (C=O) groups is 1. The fourth-order valence-electron chi connectivity index (χ4n) is 1.96. The zero-order valence-electron chi connectivity index (χ0n) is 11.9. The molecule has 6 nitrogen and oxygen atoms in total. The Balaban J connectivity index is 1.63. The van der Waals surface area contributed by atoms with Crippen LogP contribution in [0.2, 0.25) is 5.02 Å². The number of hydrogen-bond donors (Lipinski definition) is 0. The summed E-state index contributed by atoms with van der Waals surface area (Å²) in [5.41, 5.74) is 0. The van der Waals surface area contributed by atoms with E-state index in [1.165, 1.54) is 11.8 Å². The van der Waals surface area contributed by atoms with Crippen LogP contribution in [0.15, 0.2) is 29.4 Å². The molecule has 1 fully saturated rings. The highest BCUT2D eigenvalue weighted by atomic mass is 35.5. The van der Waals surface area contributed by atoms with E-state index in [0.717, 1.165) is 0 Å². The van der Waals surface area contributed by atoms with Gasteiger partial charge in [-0.3, -0.25) is 4.79 Å². The first-order chi connectivity index (χ1) is 10.6.